The Morgan fingerprint density at radius 3 is 1.08 bits per heavy atom. The summed E-state index contributed by atoms with van der Waals surface area (Å²) in [5, 5.41) is 11.8. The van der Waals surface area contributed by atoms with Gasteiger partial charge in [-0.15, -0.1) is 0 Å². The molecule has 0 fully saturated rings. The Balaban J connectivity index is 4.04. The van der Waals surface area contributed by atoms with E-state index in [4.69, 9.17) is 18.9 Å². The highest BCUT2D eigenvalue weighted by atomic mass is 16.7. The van der Waals surface area contributed by atoms with E-state index >= 15 is 0 Å². The molecule has 0 saturated carbocycles. The number of esters is 2. The Hall–Kier alpha value is -3.01. The standard InChI is InChI=1S/C70H127NO8/c1-6-8-10-12-14-16-18-20-22-24-26-27-28-29-30-31-32-33-34-35-36-37-38-39-40-41-43-44-46-48-50-52-54-56-58-60-67(72)77-64-66(65-78-70(69(74)75)76-63-62-71(3,4)5)79-68(73)61-59-57-55-53-51-49-47-45-42-25-23-21-19-17-15-13-11-9-7-2/h9,11,15,17,21,23,42,45,49,51,66,70H,6-8,10,12-14,16,18-20,22,24-41,43-44,46-48,50,52-65H2,1-5H3/b11-9-,17-15-,23-21-,45-42-,51-49-. The molecule has 0 aromatic carbocycles. The van der Waals surface area contributed by atoms with Crippen LogP contribution in [0, 0.1) is 0 Å². The predicted octanol–water partition coefficient (Wildman–Crippen LogP) is 19.0. The molecule has 0 saturated heterocycles. The summed E-state index contributed by atoms with van der Waals surface area (Å²) in [5.74, 6) is -2.32. The molecule has 2 atom stereocenters. The number of rotatable bonds is 62. The van der Waals surface area contributed by atoms with Crippen molar-refractivity contribution in [1.29, 1.82) is 0 Å². The Kier molecular flexibility index (Phi) is 58.7. The van der Waals surface area contributed by atoms with Gasteiger partial charge in [0.25, 0.3) is 0 Å². The van der Waals surface area contributed by atoms with Crippen molar-refractivity contribution < 1.29 is 42.9 Å². The van der Waals surface area contributed by atoms with E-state index in [2.05, 4.69) is 74.6 Å². The average molecular weight is 1110 g/mol. The van der Waals surface area contributed by atoms with Gasteiger partial charge in [0.1, 0.15) is 13.2 Å². The van der Waals surface area contributed by atoms with E-state index in [1.165, 1.54) is 205 Å². The molecule has 79 heavy (non-hydrogen) atoms. The number of carbonyl (C=O) groups is 3. The van der Waals surface area contributed by atoms with Crippen LogP contribution in [-0.2, 0) is 33.3 Å². The number of aliphatic carboxylic acids is 1. The molecule has 0 rings (SSSR count). The Morgan fingerprint density at radius 1 is 0.392 bits per heavy atom. The van der Waals surface area contributed by atoms with Gasteiger partial charge in [-0.2, -0.15) is 0 Å². The topological polar surface area (TPSA) is 111 Å². The number of ether oxygens (including phenoxy) is 4. The quantitative estimate of drug-likeness (QED) is 0.0195. The Bertz CT molecular complexity index is 1480. The lowest BCUT2D eigenvalue weighted by atomic mass is 10.0. The van der Waals surface area contributed by atoms with Crippen LogP contribution in [0.2, 0.25) is 0 Å². The summed E-state index contributed by atoms with van der Waals surface area (Å²) in [6, 6.07) is 0. The molecule has 0 amide bonds. The first kappa shape index (κ1) is 76.0. The van der Waals surface area contributed by atoms with Crippen molar-refractivity contribution in [3.8, 4) is 0 Å². The molecule has 0 spiro atoms. The number of carboxylic acids is 1. The van der Waals surface area contributed by atoms with Crippen LogP contribution < -0.4 is 5.11 Å². The van der Waals surface area contributed by atoms with Crippen molar-refractivity contribution in [3.63, 3.8) is 0 Å². The average Bonchev–Trinajstić information content (AvgIpc) is 3.42. The summed E-state index contributed by atoms with van der Waals surface area (Å²) >= 11 is 0. The number of quaternary nitrogens is 1. The van der Waals surface area contributed by atoms with Gasteiger partial charge >= 0.3 is 11.9 Å². The molecule has 9 nitrogen and oxygen atoms in total. The molecule has 0 radical (unpaired) electrons. The molecule has 0 aromatic rings. The van der Waals surface area contributed by atoms with Crippen molar-refractivity contribution in [2.45, 2.75) is 322 Å². The Labute approximate surface area is 488 Å². The van der Waals surface area contributed by atoms with E-state index < -0.39 is 24.3 Å². The smallest absolute Gasteiger partial charge is 0.306 e. The minimum absolute atomic E-state index is 0.140. The van der Waals surface area contributed by atoms with Gasteiger partial charge in [-0.25, -0.2) is 0 Å². The van der Waals surface area contributed by atoms with Gasteiger partial charge in [-0.05, 0) is 57.8 Å². The third-order valence-electron chi connectivity index (χ3n) is 14.8. The van der Waals surface area contributed by atoms with E-state index in [0.717, 1.165) is 70.6 Å². The first-order valence-corrected chi connectivity index (χ1v) is 33.4. The second-order valence-corrected chi connectivity index (χ2v) is 23.7. The summed E-state index contributed by atoms with van der Waals surface area (Å²) in [6.45, 7) is 4.63. The van der Waals surface area contributed by atoms with Crippen molar-refractivity contribution in [2.24, 2.45) is 0 Å². The lowest BCUT2D eigenvalue weighted by Crippen LogP contribution is -2.44. The number of hydrogen-bond acceptors (Lipinski definition) is 8. The fraction of sp³-hybridized carbons (Fsp3) is 0.814. The first-order valence-electron chi connectivity index (χ1n) is 33.4. The van der Waals surface area contributed by atoms with Gasteiger partial charge in [0.2, 0.25) is 0 Å². The molecule has 9 heteroatoms. The molecule has 0 aliphatic rings. The zero-order valence-electron chi connectivity index (χ0n) is 52.5. The zero-order valence-corrected chi connectivity index (χ0v) is 52.5. The second kappa shape index (κ2) is 61.1. The van der Waals surface area contributed by atoms with Gasteiger partial charge in [-0.3, -0.25) is 9.59 Å². The molecular formula is C70H127NO8. The summed E-state index contributed by atoms with van der Waals surface area (Å²) in [4.78, 5) is 37.4. The molecule has 0 N–H and O–H groups in total. The molecule has 0 aliphatic heterocycles. The minimum Gasteiger partial charge on any atom is -0.545 e. The number of allylic oxidation sites excluding steroid dienone is 10. The molecule has 0 aliphatic carbocycles. The highest BCUT2D eigenvalue weighted by molar-refractivity contribution is 5.70. The third kappa shape index (κ3) is 62.4. The number of likely N-dealkylation sites (N-methyl/N-ethyl adjacent to an activating group) is 1. The van der Waals surface area contributed by atoms with Crippen LogP contribution in [0.1, 0.15) is 309 Å². The normalized spacial score (nSPS) is 13.1. The van der Waals surface area contributed by atoms with Crippen molar-refractivity contribution >= 4 is 17.9 Å². The van der Waals surface area contributed by atoms with Crippen LogP contribution in [0.3, 0.4) is 0 Å². The highest BCUT2D eigenvalue weighted by Crippen LogP contribution is 2.18. The SMILES string of the molecule is CC/C=C\C/C=C\C/C=C\C/C=C\C/C=C\CCCCCC(=O)OC(COC(=O)CCCCCCCCCCCCCCCCCCCCCCCCCCCCCCCCCCCCC)COC(OCC[N+](C)(C)C)C(=O)[O-]. The molecular weight excluding hydrogens is 983 g/mol. The van der Waals surface area contributed by atoms with E-state index in [-0.39, 0.29) is 38.6 Å². The predicted molar refractivity (Wildman–Crippen MR) is 334 cm³/mol. The molecule has 0 heterocycles. The van der Waals surface area contributed by atoms with Crippen LogP contribution in [-0.4, -0.2) is 82.3 Å². The van der Waals surface area contributed by atoms with Crippen LogP contribution in [0.25, 0.3) is 0 Å². The highest BCUT2D eigenvalue weighted by Gasteiger charge is 2.22. The minimum atomic E-state index is -1.63. The molecule has 0 aromatic heterocycles. The number of nitrogens with zero attached hydrogens (tertiary/aromatic N) is 1. The number of hydrogen-bond donors (Lipinski definition) is 0. The summed E-state index contributed by atoms with van der Waals surface area (Å²) in [7, 11) is 5.92. The lowest BCUT2D eigenvalue weighted by Gasteiger charge is -2.26. The molecule has 460 valence electrons. The maximum atomic E-state index is 12.9. The van der Waals surface area contributed by atoms with Gasteiger partial charge < -0.3 is 33.3 Å². The second-order valence-electron chi connectivity index (χ2n) is 23.7. The van der Waals surface area contributed by atoms with Gasteiger partial charge in [0.05, 0.1) is 40.3 Å². The van der Waals surface area contributed by atoms with E-state index in [0.29, 0.717) is 17.4 Å². The number of carboxylic acid groups (broad SMARTS) is 1. The van der Waals surface area contributed by atoms with Gasteiger partial charge in [-0.1, -0.05) is 299 Å². The van der Waals surface area contributed by atoms with Crippen molar-refractivity contribution in [2.75, 3.05) is 47.5 Å². The zero-order chi connectivity index (χ0) is 57.6. The van der Waals surface area contributed by atoms with Crippen LogP contribution in [0.4, 0.5) is 0 Å². The van der Waals surface area contributed by atoms with Crippen molar-refractivity contribution in [1.82, 2.24) is 0 Å². The fourth-order valence-electron chi connectivity index (χ4n) is 9.68. The molecule has 2 unspecified atom stereocenters. The third-order valence-corrected chi connectivity index (χ3v) is 14.8. The number of unbranched alkanes of at least 4 members (excludes halogenated alkanes) is 37. The van der Waals surface area contributed by atoms with Crippen LogP contribution in [0.15, 0.2) is 60.8 Å². The van der Waals surface area contributed by atoms with Gasteiger partial charge in [0, 0.05) is 12.8 Å². The summed E-state index contributed by atoms with van der Waals surface area (Å²) in [5.41, 5.74) is 0. The summed E-state index contributed by atoms with van der Waals surface area (Å²) < 4.78 is 22.7. The monoisotopic (exact) mass is 1110 g/mol. The van der Waals surface area contributed by atoms with E-state index in [1.807, 2.05) is 21.1 Å². The van der Waals surface area contributed by atoms with Gasteiger partial charge in [0.15, 0.2) is 12.4 Å². The van der Waals surface area contributed by atoms with Crippen LogP contribution >= 0.6 is 0 Å². The van der Waals surface area contributed by atoms with Crippen molar-refractivity contribution in [3.05, 3.63) is 60.8 Å². The summed E-state index contributed by atoms with van der Waals surface area (Å²) in [6.07, 6.45) is 76.1. The van der Waals surface area contributed by atoms with Crippen LogP contribution in [0.5, 0.6) is 0 Å². The maximum absolute atomic E-state index is 12.9. The first-order chi connectivity index (χ1) is 38.6. The van der Waals surface area contributed by atoms with E-state index in [9.17, 15) is 19.5 Å². The largest absolute Gasteiger partial charge is 0.545 e. The fourth-order valence-corrected chi connectivity index (χ4v) is 9.68. The molecule has 0 bridgehead atoms. The number of carbonyl (C=O) groups excluding carboxylic acids is 3. The lowest BCUT2D eigenvalue weighted by molar-refractivity contribution is -0.870. The Morgan fingerprint density at radius 2 is 0.722 bits per heavy atom. The van der Waals surface area contributed by atoms with E-state index in [1.54, 1.807) is 0 Å². The maximum Gasteiger partial charge on any atom is 0.306 e.